The van der Waals surface area contributed by atoms with Crippen molar-refractivity contribution < 1.29 is 14.6 Å². The van der Waals surface area contributed by atoms with Crippen molar-refractivity contribution in [2.24, 2.45) is 0 Å². The maximum Gasteiger partial charge on any atom is 0.255 e. The Morgan fingerprint density at radius 1 is 1.40 bits per heavy atom. The number of nitrogens with one attached hydrogen (secondary N) is 1. The van der Waals surface area contributed by atoms with E-state index in [2.05, 4.69) is 9.97 Å². The molecule has 1 aromatic heterocycles. The van der Waals surface area contributed by atoms with Crippen LogP contribution in [0, 0.1) is 13.8 Å². The SMILES string of the molecule is Cc1nc2c(c(=O)[nH]1)CCN(C(=O)C(O)COc1ccccc1C)C2. The summed E-state index contributed by atoms with van der Waals surface area (Å²) >= 11 is 0. The van der Waals surface area contributed by atoms with Crippen LogP contribution < -0.4 is 10.3 Å². The molecule has 132 valence electrons. The first-order valence-corrected chi connectivity index (χ1v) is 8.19. The number of aromatic nitrogens is 2. The Labute approximate surface area is 145 Å². The molecule has 3 rings (SSSR count). The average molecular weight is 343 g/mol. The minimum absolute atomic E-state index is 0.116. The minimum atomic E-state index is -1.26. The number of carbonyl (C=O) groups is 1. The predicted molar refractivity (Wildman–Crippen MR) is 91.4 cm³/mol. The van der Waals surface area contributed by atoms with Gasteiger partial charge in [0, 0.05) is 12.1 Å². The quantitative estimate of drug-likeness (QED) is 0.852. The third-order valence-electron chi connectivity index (χ3n) is 4.28. The van der Waals surface area contributed by atoms with Crippen molar-refractivity contribution in [3.63, 3.8) is 0 Å². The number of aromatic amines is 1. The molecule has 1 unspecified atom stereocenters. The summed E-state index contributed by atoms with van der Waals surface area (Å²) in [6.07, 6.45) is -0.834. The van der Waals surface area contributed by atoms with Crippen LogP contribution in [0.1, 0.15) is 22.6 Å². The van der Waals surface area contributed by atoms with Crippen LogP contribution in [0.25, 0.3) is 0 Å². The largest absolute Gasteiger partial charge is 0.490 e. The second-order valence-corrected chi connectivity index (χ2v) is 6.18. The average Bonchev–Trinajstić information content (AvgIpc) is 2.59. The first-order chi connectivity index (χ1) is 12.0. The molecule has 1 amide bonds. The Balaban J connectivity index is 1.65. The maximum atomic E-state index is 12.5. The van der Waals surface area contributed by atoms with Gasteiger partial charge in [0.15, 0.2) is 6.10 Å². The molecule has 2 aromatic rings. The van der Waals surface area contributed by atoms with E-state index in [1.54, 1.807) is 13.0 Å². The highest BCUT2D eigenvalue weighted by molar-refractivity contribution is 5.81. The third kappa shape index (κ3) is 3.71. The second-order valence-electron chi connectivity index (χ2n) is 6.18. The third-order valence-corrected chi connectivity index (χ3v) is 4.28. The fraction of sp³-hybridized carbons (Fsp3) is 0.389. The lowest BCUT2D eigenvalue weighted by atomic mass is 10.1. The highest BCUT2D eigenvalue weighted by atomic mass is 16.5. The van der Waals surface area contributed by atoms with E-state index in [0.29, 0.717) is 35.8 Å². The zero-order chi connectivity index (χ0) is 18.0. The molecule has 2 N–H and O–H groups in total. The zero-order valence-electron chi connectivity index (χ0n) is 14.3. The van der Waals surface area contributed by atoms with Gasteiger partial charge in [0.1, 0.15) is 18.2 Å². The molecule has 1 atom stereocenters. The van der Waals surface area contributed by atoms with Crippen LogP contribution in [0.15, 0.2) is 29.1 Å². The van der Waals surface area contributed by atoms with Crippen LogP contribution in [0.3, 0.4) is 0 Å². The van der Waals surface area contributed by atoms with Gasteiger partial charge in [-0.25, -0.2) is 4.98 Å². The van der Waals surface area contributed by atoms with Gasteiger partial charge < -0.3 is 19.7 Å². The molecule has 0 saturated heterocycles. The number of ether oxygens (including phenoxy) is 1. The molecule has 0 radical (unpaired) electrons. The monoisotopic (exact) mass is 343 g/mol. The molecule has 0 spiro atoms. The highest BCUT2D eigenvalue weighted by Crippen LogP contribution is 2.18. The number of amides is 1. The van der Waals surface area contributed by atoms with Crippen LogP contribution >= 0.6 is 0 Å². The van der Waals surface area contributed by atoms with E-state index in [9.17, 15) is 14.7 Å². The van der Waals surface area contributed by atoms with Crippen LogP contribution in [0.5, 0.6) is 5.75 Å². The van der Waals surface area contributed by atoms with Crippen LogP contribution in [0.2, 0.25) is 0 Å². The summed E-state index contributed by atoms with van der Waals surface area (Å²) in [6.45, 7) is 4.08. The van der Waals surface area contributed by atoms with Crippen LogP contribution in [-0.4, -0.2) is 45.1 Å². The summed E-state index contributed by atoms with van der Waals surface area (Å²) in [5.41, 5.74) is 1.99. The fourth-order valence-electron chi connectivity index (χ4n) is 2.92. The molecule has 0 aliphatic carbocycles. The molecular formula is C18H21N3O4. The summed E-state index contributed by atoms with van der Waals surface area (Å²) in [4.78, 5) is 32.9. The van der Waals surface area contributed by atoms with Crippen molar-refractivity contribution in [3.05, 3.63) is 57.3 Å². The van der Waals surface area contributed by atoms with Crippen LogP contribution in [-0.2, 0) is 17.8 Å². The standard InChI is InChI=1S/C18H21N3O4/c1-11-5-3-4-6-16(11)25-10-15(22)18(24)21-8-7-13-14(9-21)19-12(2)20-17(13)23/h3-6,15,22H,7-10H2,1-2H3,(H,19,20,23). The molecule has 0 bridgehead atoms. The van der Waals surface area contributed by atoms with E-state index in [0.717, 1.165) is 5.56 Å². The topological polar surface area (TPSA) is 95.5 Å². The van der Waals surface area contributed by atoms with Gasteiger partial charge in [-0.15, -0.1) is 0 Å². The normalized spacial score (nSPS) is 14.8. The van der Waals surface area contributed by atoms with Gasteiger partial charge in [0.05, 0.1) is 12.2 Å². The Morgan fingerprint density at radius 2 is 2.16 bits per heavy atom. The van der Waals surface area contributed by atoms with E-state index >= 15 is 0 Å². The zero-order valence-corrected chi connectivity index (χ0v) is 14.3. The second kappa shape index (κ2) is 7.06. The van der Waals surface area contributed by atoms with Crippen molar-refractivity contribution >= 4 is 5.91 Å². The molecule has 25 heavy (non-hydrogen) atoms. The van der Waals surface area contributed by atoms with Gasteiger partial charge in [-0.3, -0.25) is 9.59 Å². The first-order valence-electron chi connectivity index (χ1n) is 8.19. The molecule has 0 fully saturated rings. The van der Waals surface area contributed by atoms with Gasteiger partial charge in [0.25, 0.3) is 11.5 Å². The van der Waals surface area contributed by atoms with Gasteiger partial charge in [-0.1, -0.05) is 18.2 Å². The smallest absolute Gasteiger partial charge is 0.255 e. The molecule has 7 nitrogen and oxygen atoms in total. The number of benzene rings is 1. The molecule has 1 aliphatic rings. The van der Waals surface area contributed by atoms with Crippen molar-refractivity contribution in [1.29, 1.82) is 0 Å². The number of aliphatic hydroxyl groups excluding tert-OH is 1. The van der Waals surface area contributed by atoms with Gasteiger partial charge in [0.2, 0.25) is 0 Å². The summed E-state index contributed by atoms with van der Waals surface area (Å²) in [5.74, 6) is 0.739. The van der Waals surface area contributed by atoms with E-state index in [4.69, 9.17) is 4.74 Å². The number of para-hydroxylation sites is 1. The van der Waals surface area contributed by atoms with Gasteiger partial charge in [-0.05, 0) is 31.9 Å². The number of hydrogen-bond acceptors (Lipinski definition) is 5. The number of aliphatic hydroxyl groups is 1. The lowest BCUT2D eigenvalue weighted by molar-refractivity contribution is -0.142. The molecule has 1 aliphatic heterocycles. The molecular weight excluding hydrogens is 322 g/mol. The Hall–Kier alpha value is -2.67. The number of aryl methyl sites for hydroxylation is 2. The first kappa shape index (κ1) is 17.2. The van der Waals surface area contributed by atoms with Gasteiger partial charge in [-0.2, -0.15) is 0 Å². The van der Waals surface area contributed by atoms with Crippen molar-refractivity contribution in [2.75, 3.05) is 13.2 Å². The molecule has 2 heterocycles. The van der Waals surface area contributed by atoms with Crippen molar-refractivity contribution in [2.45, 2.75) is 32.9 Å². The summed E-state index contributed by atoms with van der Waals surface area (Å²) in [5, 5.41) is 10.2. The Bertz CT molecular complexity index is 846. The number of fused-ring (bicyclic) bond motifs is 1. The summed E-state index contributed by atoms with van der Waals surface area (Å²) in [7, 11) is 0. The molecule has 0 saturated carbocycles. The Morgan fingerprint density at radius 3 is 2.92 bits per heavy atom. The van der Waals surface area contributed by atoms with E-state index in [-0.39, 0.29) is 18.7 Å². The van der Waals surface area contributed by atoms with E-state index in [1.807, 2.05) is 25.1 Å². The number of hydrogen-bond donors (Lipinski definition) is 2. The predicted octanol–water partition coefficient (Wildman–Crippen LogP) is 0.711. The van der Waals surface area contributed by atoms with Crippen LogP contribution in [0.4, 0.5) is 0 Å². The number of H-pyrrole nitrogens is 1. The van der Waals surface area contributed by atoms with Gasteiger partial charge >= 0.3 is 0 Å². The highest BCUT2D eigenvalue weighted by Gasteiger charge is 2.28. The molecule has 1 aromatic carbocycles. The number of carbonyl (C=O) groups excluding carboxylic acids is 1. The van der Waals surface area contributed by atoms with Crippen molar-refractivity contribution in [1.82, 2.24) is 14.9 Å². The lowest BCUT2D eigenvalue weighted by Gasteiger charge is -2.29. The summed E-state index contributed by atoms with van der Waals surface area (Å²) in [6, 6.07) is 7.43. The fourth-order valence-corrected chi connectivity index (χ4v) is 2.92. The number of rotatable bonds is 4. The van der Waals surface area contributed by atoms with E-state index < -0.39 is 12.0 Å². The summed E-state index contributed by atoms with van der Waals surface area (Å²) < 4.78 is 5.55. The lowest BCUT2D eigenvalue weighted by Crippen LogP contribution is -2.45. The number of nitrogens with zero attached hydrogens (tertiary/aromatic N) is 2. The molecule has 7 heteroatoms. The Kier molecular flexibility index (Phi) is 4.85. The van der Waals surface area contributed by atoms with Crippen molar-refractivity contribution in [3.8, 4) is 5.75 Å². The van der Waals surface area contributed by atoms with E-state index in [1.165, 1.54) is 4.90 Å². The minimum Gasteiger partial charge on any atom is -0.490 e. The maximum absolute atomic E-state index is 12.5.